The molecule has 0 aliphatic carbocycles. The molecular weight excluding hydrogens is 448 g/mol. The zero-order valence-corrected chi connectivity index (χ0v) is 22.0. The average Bonchev–Trinajstić information content (AvgIpc) is 2.79. The van der Waals surface area contributed by atoms with Crippen molar-refractivity contribution in [1.82, 2.24) is 0 Å². The Morgan fingerprint density at radius 1 is 0.406 bits per heavy atom. The van der Waals surface area contributed by atoms with Gasteiger partial charge in [-0.3, -0.25) is 0 Å². The molecule has 0 aliphatic rings. The molecule has 0 unspecified atom stereocenters. The van der Waals surface area contributed by atoms with E-state index >= 15 is 0 Å². The van der Waals surface area contributed by atoms with Crippen LogP contribution < -0.4 is 0 Å². The van der Waals surface area contributed by atoms with Crippen molar-refractivity contribution in [3.63, 3.8) is 0 Å². The summed E-state index contributed by atoms with van der Waals surface area (Å²) in [6.07, 6.45) is 18.2. The third-order valence-electron chi connectivity index (χ3n) is 5.05. The van der Waals surface area contributed by atoms with Crippen LogP contribution in [0.15, 0.2) is 0 Å². The number of unbranched alkanes of at least 4 members (excludes halogenated alkanes) is 12. The molecule has 3 N–H and O–H groups in total. The average molecular weight is 500 g/mol. The molecule has 0 bridgehead atoms. The van der Waals surface area contributed by atoms with Crippen LogP contribution in [0.4, 0.5) is 0 Å². The van der Waals surface area contributed by atoms with Crippen LogP contribution in [0.3, 0.4) is 0 Å². The van der Waals surface area contributed by atoms with Gasteiger partial charge >= 0.3 is 26.5 Å². The fourth-order valence-electron chi connectivity index (χ4n) is 3.17. The number of hydrogen-bond acceptors (Lipinski definition) is 6. The molecule has 0 amide bonds. The first-order chi connectivity index (χ1) is 15.8. The second kappa shape index (κ2) is 35.9. The third kappa shape index (κ3) is 37.6. The van der Waals surface area contributed by atoms with E-state index < -0.39 is 19.5 Å². The normalized spacial score (nSPS) is 10.6. The van der Waals surface area contributed by atoms with Crippen molar-refractivity contribution in [1.29, 1.82) is 0 Å². The summed E-state index contributed by atoms with van der Waals surface area (Å²) in [6, 6.07) is 0. The molecule has 32 heavy (non-hydrogen) atoms. The minimum absolute atomic E-state index is 0.314. The summed E-state index contributed by atoms with van der Waals surface area (Å²) in [5.41, 5.74) is 0. The van der Waals surface area contributed by atoms with Gasteiger partial charge in [0, 0.05) is 52.9 Å². The van der Waals surface area contributed by atoms with Gasteiger partial charge in [-0.05, 0) is 51.4 Å². The quantitative estimate of drug-likeness (QED) is 0.118. The van der Waals surface area contributed by atoms with Crippen molar-refractivity contribution in [2.75, 3.05) is 52.9 Å². The van der Waals surface area contributed by atoms with E-state index in [-0.39, 0.29) is 0 Å². The third-order valence-corrected chi connectivity index (χ3v) is 5.05. The second-order valence-corrected chi connectivity index (χ2v) is 8.32. The van der Waals surface area contributed by atoms with Crippen LogP contribution in [0.5, 0.6) is 0 Å². The summed E-state index contributed by atoms with van der Waals surface area (Å²) in [5.74, 6) is 0. The van der Waals surface area contributed by atoms with Gasteiger partial charge in [-0.2, -0.15) is 0 Å². The molecule has 8 heteroatoms. The zero-order chi connectivity index (χ0) is 23.8. The Hall–Kier alpha value is 0.274. The molecule has 0 saturated heterocycles. The van der Waals surface area contributed by atoms with Crippen molar-refractivity contribution >= 4 is 0 Å². The van der Waals surface area contributed by atoms with E-state index in [0.717, 1.165) is 104 Å². The van der Waals surface area contributed by atoms with Crippen LogP contribution >= 0.6 is 0 Å². The summed E-state index contributed by atoms with van der Waals surface area (Å²) in [7, 11) is 0. The Morgan fingerprint density at radius 2 is 0.594 bits per heavy atom. The van der Waals surface area contributed by atoms with Gasteiger partial charge in [0.05, 0.1) is 0 Å². The fraction of sp³-hybridized carbons (Fsp3) is 1.00. The van der Waals surface area contributed by atoms with Crippen molar-refractivity contribution < 1.29 is 50.9 Å². The van der Waals surface area contributed by atoms with Crippen LogP contribution in [0.1, 0.15) is 103 Å². The van der Waals surface area contributed by atoms with Crippen LogP contribution in [0, 0.1) is 0 Å². The van der Waals surface area contributed by atoms with Gasteiger partial charge in [-0.15, -0.1) is 0 Å². The maximum atomic E-state index is 8.70. The molecule has 0 atom stereocenters. The molecule has 0 fully saturated rings. The predicted octanol–water partition coefficient (Wildman–Crippen LogP) is 4.58. The Bertz CT molecular complexity index is 297. The van der Waals surface area contributed by atoms with Gasteiger partial charge in [-0.25, -0.2) is 0 Å². The molecule has 0 heterocycles. The van der Waals surface area contributed by atoms with Gasteiger partial charge in [0.2, 0.25) is 0 Å². The van der Waals surface area contributed by atoms with Crippen LogP contribution in [0.25, 0.3) is 0 Å². The number of hydrogen-bond donors (Lipinski definition) is 3. The van der Waals surface area contributed by atoms with E-state index in [0.29, 0.717) is 13.2 Å². The molecule has 0 aromatic carbocycles. The summed E-state index contributed by atoms with van der Waals surface area (Å²) < 4.78 is 32.7. The van der Waals surface area contributed by atoms with E-state index in [1.807, 2.05) is 0 Å². The monoisotopic (exact) mass is 499 g/mol. The Labute approximate surface area is 206 Å². The SMILES string of the molecule is OCCCCCCOCCCCCCOCCCCCCOCCCCCCO.[O]=[Ti][OH]. The van der Waals surface area contributed by atoms with E-state index in [1.54, 1.807) is 0 Å². The van der Waals surface area contributed by atoms with E-state index in [4.69, 9.17) is 31.4 Å². The number of aliphatic hydroxyl groups excluding tert-OH is 2. The molecule has 0 aromatic rings. The summed E-state index contributed by atoms with van der Waals surface area (Å²) in [4.78, 5) is 0. The molecule has 0 rings (SSSR count). The summed E-state index contributed by atoms with van der Waals surface area (Å²) in [5, 5.41) is 17.4. The predicted molar refractivity (Wildman–Crippen MR) is 123 cm³/mol. The Balaban J connectivity index is 0. The van der Waals surface area contributed by atoms with E-state index in [1.165, 1.54) is 38.5 Å². The Morgan fingerprint density at radius 3 is 0.781 bits per heavy atom. The minimum atomic E-state index is -1.75. The van der Waals surface area contributed by atoms with Gasteiger partial charge in [0.15, 0.2) is 0 Å². The van der Waals surface area contributed by atoms with Gasteiger partial charge in [0.25, 0.3) is 0 Å². The number of aliphatic hydroxyl groups is 2. The van der Waals surface area contributed by atoms with E-state index in [9.17, 15) is 0 Å². The molecule has 0 saturated carbocycles. The van der Waals surface area contributed by atoms with Crippen LogP contribution in [-0.2, 0) is 37.0 Å². The van der Waals surface area contributed by atoms with Crippen molar-refractivity contribution in [2.45, 2.75) is 103 Å². The fourth-order valence-corrected chi connectivity index (χ4v) is 3.17. The number of rotatable bonds is 26. The summed E-state index contributed by atoms with van der Waals surface area (Å²) >= 11 is -1.75. The van der Waals surface area contributed by atoms with Crippen LogP contribution in [-0.4, -0.2) is 66.8 Å². The number of ether oxygens (including phenoxy) is 3. The molecular formula is C24H51O7Ti. The standard InChI is InChI=1S/C24H50O5.H2O.O.Ti/c25-17-9-1-3-11-19-27-21-13-5-7-15-23-29-24-16-8-6-14-22-28-20-12-4-2-10-18-26;;;/h25-26H,1-24H2;1H2;;/q;;;+1/p-1. The second-order valence-electron chi connectivity index (χ2n) is 8.03. The van der Waals surface area contributed by atoms with Crippen LogP contribution in [0.2, 0.25) is 0 Å². The Kier molecular flexibility index (Phi) is 38.6. The molecule has 0 aliphatic heterocycles. The molecule has 0 aromatic heterocycles. The topological polar surface area (TPSA) is 105 Å². The first kappa shape index (κ1) is 34.4. The van der Waals surface area contributed by atoms with Gasteiger partial charge < -0.3 is 24.4 Å². The zero-order valence-electron chi connectivity index (χ0n) is 20.4. The summed E-state index contributed by atoms with van der Waals surface area (Å²) in [6.45, 7) is 5.92. The first-order valence-electron chi connectivity index (χ1n) is 12.8. The van der Waals surface area contributed by atoms with Gasteiger partial charge in [0.1, 0.15) is 0 Å². The van der Waals surface area contributed by atoms with Gasteiger partial charge in [-0.1, -0.05) is 51.4 Å². The maximum absolute atomic E-state index is 8.70. The van der Waals surface area contributed by atoms with Crippen molar-refractivity contribution in [3.8, 4) is 0 Å². The molecule has 193 valence electrons. The molecule has 7 nitrogen and oxygen atoms in total. The first-order valence-corrected chi connectivity index (χ1v) is 14.1. The molecule has 0 radical (unpaired) electrons. The molecule has 0 spiro atoms. The van der Waals surface area contributed by atoms with E-state index in [2.05, 4.69) is 0 Å². The van der Waals surface area contributed by atoms with Crippen molar-refractivity contribution in [3.05, 3.63) is 0 Å². The van der Waals surface area contributed by atoms with Crippen molar-refractivity contribution in [2.24, 2.45) is 0 Å².